The van der Waals surface area contributed by atoms with Gasteiger partial charge in [-0.25, -0.2) is 17.6 Å². The van der Waals surface area contributed by atoms with E-state index in [1.165, 1.54) is 18.2 Å². The summed E-state index contributed by atoms with van der Waals surface area (Å²) in [6.45, 7) is 20.1. The molecule has 2 aromatic rings. The molecule has 0 aromatic heterocycles. The summed E-state index contributed by atoms with van der Waals surface area (Å²) in [7, 11) is 0. The zero-order chi connectivity index (χ0) is 28.4. The van der Waals surface area contributed by atoms with Crippen LogP contribution < -0.4 is 4.90 Å². The molecule has 4 rings (SSSR count). The molecule has 0 spiro atoms. The third-order valence-electron chi connectivity index (χ3n) is 5.72. The SMILES string of the molecule is C=CN1CC(C(=C)N(Cc2ccc(C3=NN=C(C(F)F)C3)cc2F)c2cccc(F)c2)C1.CC.CC(C)C. The summed E-state index contributed by atoms with van der Waals surface area (Å²) in [4.78, 5) is 3.84. The van der Waals surface area contributed by atoms with Crippen molar-refractivity contribution in [3.8, 4) is 0 Å². The molecule has 0 unspecified atom stereocenters. The average Bonchev–Trinajstić information content (AvgIpc) is 3.34. The van der Waals surface area contributed by atoms with Crippen LogP contribution in [-0.2, 0) is 6.54 Å². The zero-order valence-electron chi connectivity index (χ0n) is 22.9. The number of alkyl halides is 2. The van der Waals surface area contributed by atoms with Crippen LogP contribution in [0.25, 0.3) is 0 Å². The van der Waals surface area contributed by atoms with Crippen LogP contribution in [0.4, 0.5) is 23.2 Å². The van der Waals surface area contributed by atoms with Gasteiger partial charge >= 0.3 is 0 Å². The second-order valence-corrected chi connectivity index (χ2v) is 9.54. The molecule has 8 heteroatoms. The van der Waals surface area contributed by atoms with Gasteiger partial charge in [0.1, 0.15) is 17.3 Å². The smallest absolute Gasteiger partial charge is 0.278 e. The van der Waals surface area contributed by atoms with Crippen LogP contribution in [-0.4, -0.2) is 35.8 Å². The number of hydrogen-bond donors (Lipinski definition) is 0. The fraction of sp³-hybridized carbons (Fsp3) is 0.400. The maximum absolute atomic E-state index is 15.0. The summed E-state index contributed by atoms with van der Waals surface area (Å²) < 4.78 is 54.5. The number of rotatable bonds is 8. The topological polar surface area (TPSA) is 31.2 Å². The van der Waals surface area contributed by atoms with Crippen LogP contribution >= 0.6 is 0 Å². The molecule has 1 fully saturated rings. The van der Waals surface area contributed by atoms with Crippen molar-refractivity contribution in [2.45, 2.75) is 54.0 Å². The van der Waals surface area contributed by atoms with E-state index in [1.807, 2.05) is 18.7 Å². The second-order valence-electron chi connectivity index (χ2n) is 9.54. The molecule has 206 valence electrons. The first kappa shape index (κ1) is 30.8. The first-order valence-electron chi connectivity index (χ1n) is 12.9. The molecule has 2 aliphatic rings. The van der Waals surface area contributed by atoms with Crippen molar-refractivity contribution < 1.29 is 17.6 Å². The van der Waals surface area contributed by atoms with Crippen molar-refractivity contribution in [1.29, 1.82) is 0 Å². The molecule has 38 heavy (non-hydrogen) atoms. The van der Waals surface area contributed by atoms with E-state index >= 15 is 0 Å². The molecule has 1 saturated heterocycles. The minimum Gasteiger partial charge on any atom is -0.376 e. The highest BCUT2D eigenvalue weighted by Crippen LogP contribution is 2.31. The number of nitrogens with zero attached hydrogens (tertiary/aromatic N) is 4. The first-order valence-corrected chi connectivity index (χ1v) is 12.9. The van der Waals surface area contributed by atoms with E-state index in [0.717, 1.165) is 24.7 Å². The molecule has 0 aliphatic carbocycles. The lowest BCUT2D eigenvalue weighted by Gasteiger charge is -2.43. The lowest BCUT2D eigenvalue weighted by Crippen LogP contribution is -2.47. The molecule has 0 bridgehead atoms. The molecule has 2 aliphatic heterocycles. The molecule has 0 amide bonds. The Balaban J connectivity index is 0.000000773. The predicted octanol–water partition coefficient (Wildman–Crippen LogP) is 8.06. The zero-order valence-corrected chi connectivity index (χ0v) is 22.9. The van der Waals surface area contributed by atoms with Crippen LogP contribution in [0, 0.1) is 23.5 Å². The van der Waals surface area contributed by atoms with Gasteiger partial charge in [0.15, 0.2) is 0 Å². The Bertz CT molecular complexity index is 1150. The fourth-order valence-electron chi connectivity index (χ4n) is 3.77. The Morgan fingerprint density at radius 3 is 2.26 bits per heavy atom. The number of benzene rings is 2. The second kappa shape index (κ2) is 14.5. The van der Waals surface area contributed by atoms with E-state index < -0.39 is 18.1 Å². The maximum Gasteiger partial charge on any atom is 0.278 e. The van der Waals surface area contributed by atoms with Gasteiger partial charge in [0, 0.05) is 47.9 Å². The average molecular weight is 531 g/mol. The van der Waals surface area contributed by atoms with Gasteiger partial charge in [-0.05, 0) is 36.4 Å². The molecular weight excluding hydrogens is 492 g/mol. The molecule has 0 saturated carbocycles. The minimum atomic E-state index is -2.69. The lowest BCUT2D eigenvalue weighted by atomic mass is 9.95. The van der Waals surface area contributed by atoms with Gasteiger partial charge in [-0.2, -0.15) is 10.2 Å². The van der Waals surface area contributed by atoms with E-state index in [2.05, 4.69) is 44.1 Å². The van der Waals surface area contributed by atoms with Gasteiger partial charge in [-0.3, -0.25) is 0 Å². The van der Waals surface area contributed by atoms with Crippen LogP contribution in [0.2, 0.25) is 0 Å². The number of halogens is 4. The Kier molecular flexibility index (Phi) is 11.8. The highest BCUT2D eigenvalue weighted by molar-refractivity contribution is 6.15. The van der Waals surface area contributed by atoms with Gasteiger partial charge in [0.2, 0.25) is 0 Å². The molecule has 0 radical (unpaired) electrons. The van der Waals surface area contributed by atoms with Crippen molar-refractivity contribution in [2.75, 3.05) is 18.0 Å². The first-order chi connectivity index (χ1) is 18.1. The highest BCUT2D eigenvalue weighted by atomic mass is 19.3. The third kappa shape index (κ3) is 8.30. The van der Waals surface area contributed by atoms with E-state index in [-0.39, 0.29) is 24.6 Å². The van der Waals surface area contributed by atoms with E-state index in [9.17, 15) is 17.6 Å². The van der Waals surface area contributed by atoms with Gasteiger partial charge in [-0.1, -0.05) is 66.0 Å². The Hall–Kier alpha value is -3.42. The Morgan fingerprint density at radius 1 is 1.08 bits per heavy atom. The quantitative estimate of drug-likeness (QED) is 0.323. The van der Waals surface area contributed by atoms with Crippen molar-refractivity contribution in [3.05, 3.63) is 90.3 Å². The summed E-state index contributed by atoms with van der Waals surface area (Å²) in [5, 5.41) is 7.24. The molecule has 2 heterocycles. The monoisotopic (exact) mass is 530 g/mol. The molecule has 0 atom stereocenters. The minimum absolute atomic E-state index is 0.107. The van der Waals surface area contributed by atoms with Crippen LogP contribution in [0.3, 0.4) is 0 Å². The van der Waals surface area contributed by atoms with Crippen molar-refractivity contribution in [3.63, 3.8) is 0 Å². The van der Waals surface area contributed by atoms with E-state index in [1.54, 1.807) is 35.4 Å². The van der Waals surface area contributed by atoms with Crippen molar-refractivity contribution >= 4 is 17.1 Å². The van der Waals surface area contributed by atoms with Crippen molar-refractivity contribution in [2.24, 2.45) is 22.0 Å². The summed E-state index contributed by atoms with van der Waals surface area (Å²) in [6.07, 6.45) is -1.04. The number of anilines is 1. The van der Waals surface area contributed by atoms with Gasteiger partial charge in [0.05, 0.1) is 12.3 Å². The molecule has 2 aromatic carbocycles. The highest BCUT2D eigenvalue weighted by Gasteiger charge is 2.30. The standard InChI is InChI=1S/C24H22F4N4.C4H10.C2H6/c1-3-31-12-18(13-31)15(2)32(20-6-4-5-19(25)10-20)14-17-8-7-16(9-21(17)26)22-11-23(24(27)28)30-29-22;1-4(2)3;1-2/h3-10,18,24H,1-2,11-14H2;4H,1-3H3;1-2H3. The van der Waals surface area contributed by atoms with E-state index in [0.29, 0.717) is 22.5 Å². The predicted molar refractivity (Wildman–Crippen MR) is 150 cm³/mol. The third-order valence-corrected chi connectivity index (χ3v) is 5.72. The van der Waals surface area contributed by atoms with Gasteiger partial charge in [0.25, 0.3) is 6.43 Å². The lowest BCUT2D eigenvalue weighted by molar-refractivity contribution is 0.188. The van der Waals surface area contributed by atoms with Crippen LogP contribution in [0.15, 0.2) is 77.7 Å². The summed E-state index contributed by atoms with van der Waals surface area (Å²) >= 11 is 0. The van der Waals surface area contributed by atoms with Crippen molar-refractivity contribution in [1.82, 2.24) is 4.90 Å². The summed E-state index contributed by atoms with van der Waals surface area (Å²) in [5.41, 5.74) is 2.08. The number of likely N-dealkylation sites (tertiary alicyclic amines) is 1. The van der Waals surface area contributed by atoms with Gasteiger partial charge < -0.3 is 9.80 Å². The maximum atomic E-state index is 15.0. The largest absolute Gasteiger partial charge is 0.376 e. The Morgan fingerprint density at radius 2 is 1.74 bits per heavy atom. The molecule has 0 N–H and O–H groups in total. The Labute approximate surface area is 224 Å². The summed E-state index contributed by atoms with van der Waals surface area (Å²) in [6, 6.07) is 10.6. The van der Waals surface area contributed by atoms with Crippen LogP contribution in [0.5, 0.6) is 0 Å². The molecule has 4 nitrogen and oxygen atoms in total. The fourth-order valence-corrected chi connectivity index (χ4v) is 3.77. The summed E-state index contributed by atoms with van der Waals surface area (Å²) in [5.74, 6) is 0.0640. The van der Waals surface area contributed by atoms with Gasteiger partial charge in [-0.15, -0.1) is 0 Å². The normalized spacial score (nSPS) is 14.6. The van der Waals surface area contributed by atoms with Crippen LogP contribution in [0.1, 0.15) is 52.2 Å². The number of hydrogen-bond acceptors (Lipinski definition) is 4. The van der Waals surface area contributed by atoms with E-state index in [4.69, 9.17) is 0 Å². The molecular formula is C30H38F4N4.